The molecule has 5 aromatic rings. The van der Waals surface area contributed by atoms with Gasteiger partial charge in [-0.2, -0.15) is 5.26 Å². The van der Waals surface area contributed by atoms with Crippen LogP contribution in [-0.2, 0) is 11.4 Å². The summed E-state index contributed by atoms with van der Waals surface area (Å²) in [5.74, 6) is 0.960. The lowest BCUT2D eigenvalue weighted by atomic mass is 9.90. The van der Waals surface area contributed by atoms with E-state index in [4.69, 9.17) is 14.5 Å². The van der Waals surface area contributed by atoms with E-state index in [2.05, 4.69) is 22.0 Å². The van der Waals surface area contributed by atoms with Gasteiger partial charge in [-0.1, -0.05) is 75.8 Å². The molecule has 0 radical (unpaired) electrons. The molecule has 1 aliphatic rings. The van der Waals surface area contributed by atoms with Crippen molar-refractivity contribution in [2.75, 3.05) is 20.2 Å². The Bertz CT molecular complexity index is 2310. The second kappa shape index (κ2) is 14.0. The lowest BCUT2D eigenvalue weighted by Gasteiger charge is -2.30. The van der Waals surface area contributed by atoms with Crippen LogP contribution in [0.3, 0.4) is 0 Å². The minimum Gasteiger partial charge on any atom is -0.496 e. The summed E-state index contributed by atoms with van der Waals surface area (Å²) in [6.07, 6.45) is 1.79. The van der Waals surface area contributed by atoms with Gasteiger partial charge < -0.3 is 14.4 Å². The number of benzene rings is 4. The van der Waals surface area contributed by atoms with Crippen LogP contribution in [0.2, 0.25) is 0 Å². The molecule has 10 heteroatoms. The minimum atomic E-state index is -0.779. The van der Waals surface area contributed by atoms with Crippen molar-refractivity contribution in [3.05, 3.63) is 137 Å². The molecule has 0 N–H and O–H groups in total. The molecule has 0 saturated carbocycles. The topological polar surface area (TPSA) is 96.9 Å². The molecular weight excluding hydrogens is 688 g/mol. The molecule has 8 nitrogen and oxygen atoms in total. The molecule has 0 spiro atoms. The molecule has 1 atom stereocenters. The number of halogens is 1. The van der Waals surface area contributed by atoms with Crippen molar-refractivity contribution in [2.45, 2.75) is 33.4 Å². The number of methoxy groups -OCH3 is 1. The predicted molar refractivity (Wildman–Crippen MR) is 192 cm³/mol. The number of nitrogens with zero attached hydrogens (tertiary/aromatic N) is 4. The molecule has 4 aromatic carbocycles. The summed E-state index contributed by atoms with van der Waals surface area (Å²) < 4.78 is 15.0. The summed E-state index contributed by atoms with van der Waals surface area (Å²) in [6.45, 7) is 6.93. The zero-order valence-corrected chi connectivity index (χ0v) is 29.4. The lowest BCUT2D eigenvalue weighted by Crippen LogP contribution is -2.43. The molecule has 2 heterocycles. The highest BCUT2D eigenvalue weighted by Crippen LogP contribution is 2.40. The summed E-state index contributed by atoms with van der Waals surface area (Å²) in [5, 5.41) is 11.4. The van der Waals surface area contributed by atoms with Crippen molar-refractivity contribution in [1.82, 2.24) is 9.47 Å². The Morgan fingerprint density at radius 2 is 1.79 bits per heavy atom. The van der Waals surface area contributed by atoms with E-state index in [0.29, 0.717) is 56.3 Å². The summed E-state index contributed by atoms with van der Waals surface area (Å²) in [6, 6.07) is 26.1. The molecule has 0 unspecified atom stereocenters. The molecule has 0 saturated heterocycles. The van der Waals surface area contributed by atoms with E-state index in [9.17, 15) is 14.9 Å². The molecule has 0 fully saturated rings. The van der Waals surface area contributed by atoms with E-state index in [1.54, 1.807) is 28.7 Å². The van der Waals surface area contributed by atoms with Gasteiger partial charge in [0.1, 0.15) is 24.1 Å². The van der Waals surface area contributed by atoms with Gasteiger partial charge in [-0.3, -0.25) is 14.2 Å². The van der Waals surface area contributed by atoms with Crippen LogP contribution in [0.15, 0.2) is 104 Å². The Kier molecular flexibility index (Phi) is 9.62. The fourth-order valence-corrected chi connectivity index (χ4v) is 7.52. The SMILES string of the molecule is CCN(CC)C(=O)C1=C(C)N=c2s/c(=C/c3cc(Br)ccc3OCc3ccccc3C#N)c(=O)n2[C@H]1c1c(OC)ccc2ccccc12. The van der Waals surface area contributed by atoms with Crippen molar-refractivity contribution in [3.8, 4) is 17.6 Å². The van der Waals surface area contributed by atoms with Crippen LogP contribution in [0.5, 0.6) is 11.5 Å². The highest BCUT2D eigenvalue weighted by Gasteiger charge is 2.36. The zero-order valence-electron chi connectivity index (χ0n) is 27.0. The number of likely N-dealkylation sites (N-methyl/N-ethyl adjacent to an activating group) is 1. The number of nitriles is 1. The van der Waals surface area contributed by atoms with Gasteiger partial charge in [-0.15, -0.1) is 0 Å². The number of carbonyl (C=O) groups is 1. The number of aromatic nitrogens is 1. The molecule has 242 valence electrons. The van der Waals surface area contributed by atoms with E-state index in [1.165, 1.54) is 11.3 Å². The molecule has 0 bridgehead atoms. The Morgan fingerprint density at radius 1 is 1.06 bits per heavy atom. The van der Waals surface area contributed by atoms with E-state index in [0.717, 1.165) is 26.4 Å². The maximum Gasteiger partial charge on any atom is 0.271 e. The van der Waals surface area contributed by atoms with Crippen molar-refractivity contribution in [2.24, 2.45) is 4.99 Å². The first-order chi connectivity index (χ1) is 23.3. The number of thiazole rings is 1. The number of hydrogen-bond donors (Lipinski definition) is 0. The standard InChI is InChI=1S/C38H33BrN4O4S/c1-5-42(6-2)37(45)33-23(3)41-38-43(35(33)34-29-14-10-9-11-24(29)15-17-31(34)46-4)36(44)32(48-38)20-27-19-28(39)16-18-30(27)47-22-26-13-8-7-12-25(26)21-40/h7-20,35H,5-6,22H2,1-4H3/b32-20+/t35-/m1/s1. The van der Waals surface area contributed by atoms with Gasteiger partial charge in [-0.05, 0) is 68.0 Å². The first kappa shape index (κ1) is 32.9. The van der Waals surface area contributed by atoms with Crippen molar-refractivity contribution in [1.29, 1.82) is 5.26 Å². The van der Waals surface area contributed by atoms with Crippen molar-refractivity contribution >= 4 is 50.0 Å². The molecule has 0 aliphatic carbocycles. The van der Waals surface area contributed by atoms with Crippen molar-refractivity contribution in [3.63, 3.8) is 0 Å². The second-order valence-electron chi connectivity index (χ2n) is 11.2. The second-order valence-corrected chi connectivity index (χ2v) is 13.1. The Morgan fingerprint density at radius 3 is 2.54 bits per heavy atom. The zero-order chi connectivity index (χ0) is 33.9. The first-order valence-corrected chi connectivity index (χ1v) is 17.2. The van der Waals surface area contributed by atoms with E-state index >= 15 is 0 Å². The van der Waals surface area contributed by atoms with E-state index in [-0.39, 0.29) is 18.1 Å². The van der Waals surface area contributed by atoms with Gasteiger partial charge in [0.25, 0.3) is 11.5 Å². The van der Waals surface area contributed by atoms with Crippen LogP contribution in [0.25, 0.3) is 16.8 Å². The smallest absolute Gasteiger partial charge is 0.271 e. The maximum atomic E-state index is 14.6. The number of carbonyl (C=O) groups excluding carboxylic acids is 1. The minimum absolute atomic E-state index is 0.171. The molecule has 1 aliphatic heterocycles. The Hall–Kier alpha value is -4.98. The molecule has 6 rings (SSSR count). The number of hydrogen-bond acceptors (Lipinski definition) is 7. The van der Waals surface area contributed by atoms with Gasteiger partial charge in [0.2, 0.25) is 0 Å². The molecule has 1 aromatic heterocycles. The van der Waals surface area contributed by atoms with Gasteiger partial charge in [-0.25, -0.2) is 4.99 Å². The van der Waals surface area contributed by atoms with Crippen molar-refractivity contribution < 1.29 is 14.3 Å². The fraction of sp³-hybridized carbons (Fsp3) is 0.211. The Labute approximate surface area is 290 Å². The van der Waals surface area contributed by atoms with Gasteiger partial charge >= 0.3 is 0 Å². The van der Waals surface area contributed by atoms with Crippen LogP contribution < -0.4 is 24.4 Å². The first-order valence-electron chi connectivity index (χ1n) is 15.6. The fourth-order valence-electron chi connectivity index (χ4n) is 6.10. The normalized spacial score (nSPS) is 14.3. The van der Waals surface area contributed by atoms with Crippen LogP contribution in [0.4, 0.5) is 0 Å². The monoisotopic (exact) mass is 720 g/mol. The van der Waals surface area contributed by atoms with Gasteiger partial charge in [0, 0.05) is 34.3 Å². The number of allylic oxidation sites excluding steroid dienone is 1. The van der Waals surface area contributed by atoms with Gasteiger partial charge in [0.05, 0.1) is 34.5 Å². The third-order valence-electron chi connectivity index (χ3n) is 8.51. The van der Waals surface area contributed by atoms with E-state index < -0.39 is 6.04 Å². The molecule has 48 heavy (non-hydrogen) atoms. The maximum absolute atomic E-state index is 14.6. The largest absolute Gasteiger partial charge is 0.496 e. The van der Waals surface area contributed by atoms with Gasteiger partial charge in [0.15, 0.2) is 4.80 Å². The Balaban J connectivity index is 1.56. The quantitative estimate of drug-likeness (QED) is 0.174. The predicted octanol–water partition coefficient (Wildman–Crippen LogP) is 6.48. The highest BCUT2D eigenvalue weighted by molar-refractivity contribution is 9.10. The number of amides is 1. The average Bonchev–Trinajstić information content (AvgIpc) is 3.40. The molecule has 1 amide bonds. The van der Waals surface area contributed by atoms with Crippen LogP contribution in [0.1, 0.15) is 49.1 Å². The molecular formula is C38H33BrN4O4S. The summed E-state index contributed by atoms with van der Waals surface area (Å²) in [7, 11) is 1.60. The van der Waals surface area contributed by atoms with Crippen LogP contribution in [-0.4, -0.2) is 35.6 Å². The third kappa shape index (κ3) is 6.07. The number of rotatable bonds is 9. The number of fused-ring (bicyclic) bond motifs is 2. The average molecular weight is 722 g/mol. The summed E-state index contributed by atoms with van der Waals surface area (Å²) in [4.78, 5) is 35.9. The highest BCUT2D eigenvalue weighted by atomic mass is 79.9. The third-order valence-corrected chi connectivity index (χ3v) is 9.98. The van der Waals surface area contributed by atoms with Crippen LogP contribution in [0, 0.1) is 11.3 Å². The lowest BCUT2D eigenvalue weighted by molar-refractivity contribution is -0.127. The summed E-state index contributed by atoms with van der Waals surface area (Å²) >= 11 is 4.82. The van der Waals surface area contributed by atoms with E-state index in [1.807, 2.05) is 93.6 Å². The van der Waals surface area contributed by atoms with Crippen LogP contribution >= 0.6 is 27.3 Å². The summed E-state index contributed by atoms with van der Waals surface area (Å²) in [5.41, 5.74) is 3.43. The number of ether oxygens (including phenoxy) is 2.